The van der Waals surface area contributed by atoms with E-state index < -0.39 is 0 Å². The van der Waals surface area contributed by atoms with E-state index in [1.165, 1.54) is 28.5 Å². The molecule has 2 heterocycles. The van der Waals surface area contributed by atoms with Gasteiger partial charge in [0.15, 0.2) is 5.13 Å². The van der Waals surface area contributed by atoms with Crippen LogP contribution in [0.5, 0.6) is 0 Å². The minimum absolute atomic E-state index is 0.234. The monoisotopic (exact) mass is 324 g/mol. The first-order chi connectivity index (χ1) is 11.1. The summed E-state index contributed by atoms with van der Waals surface area (Å²) in [5.41, 5.74) is 4.39. The maximum atomic E-state index is 11.9. The zero-order chi connectivity index (χ0) is 16.2. The zero-order valence-electron chi connectivity index (χ0n) is 12.9. The van der Waals surface area contributed by atoms with Gasteiger partial charge in [-0.15, -0.1) is 11.3 Å². The molecule has 1 amide bonds. The van der Waals surface area contributed by atoms with Crippen LogP contribution in [0.1, 0.15) is 16.9 Å². The van der Waals surface area contributed by atoms with E-state index in [2.05, 4.69) is 36.3 Å². The second kappa shape index (κ2) is 6.62. The van der Waals surface area contributed by atoms with Crippen molar-refractivity contribution in [2.24, 2.45) is 0 Å². The van der Waals surface area contributed by atoms with Gasteiger partial charge < -0.3 is 4.42 Å². The van der Waals surface area contributed by atoms with E-state index in [9.17, 15) is 4.79 Å². The van der Waals surface area contributed by atoms with Gasteiger partial charge in [0.2, 0.25) is 5.91 Å². The van der Waals surface area contributed by atoms with Gasteiger partial charge in [0.25, 0.3) is 0 Å². The molecule has 5 heteroatoms. The minimum Gasteiger partial charge on any atom is -0.465 e. The van der Waals surface area contributed by atoms with Crippen LogP contribution in [0.25, 0.3) is 17.3 Å². The van der Waals surface area contributed by atoms with Crippen LogP contribution in [-0.4, -0.2) is 10.9 Å². The number of aromatic nitrogens is 1. The first-order valence-electron chi connectivity index (χ1n) is 7.17. The highest BCUT2D eigenvalue weighted by Crippen LogP contribution is 2.26. The molecule has 0 aliphatic rings. The lowest BCUT2D eigenvalue weighted by molar-refractivity contribution is -0.111. The highest BCUT2D eigenvalue weighted by Gasteiger charge is 2.07. The Bertz CT molecular complexity index is 848. The predicted molar refractivity (Wildman–Crippen MR) is 93.4 cm³/mol. The number of nitrogens with one attached hydrogen (secondary N) is 1. The van der Waals surface area contributed by atoms with Gasteiger partial charge in [0.1, 0.15) is 5.76 Å². The van der Waals surface area contributed by atoms with E-state index in [0.717, 1.165) is 11.3 Å². The highest BCUT2D eigenvalue weighted by molar-refractivity contribution is 7.14. The van der Waals surface area contributed by atoms with Crippen molar-refractivity contribution in [3.8, 4) is 11.3 Å². The van der Waals surface area contributed by atoms with Gasteiger partial charge >= 0.3 is 0 Å². The molecule has 3 aromatic rings. The van der Waals surface area contributed by atoms with Crippen LogP contribution in [0.3, 0.4) is 0 Å². The number of carbonyl (C=O) groups excluding carboxylic acids is 1. The fourth-order valence-corrected chi connectivity index (χ4v) is 2.78. The van der Waals surface area contributed by atoms with Crippen molar-refractivity contribution in [1.29, 1.82) is 0 Å². The molecule has 1 N–H and O–H groups in total. The van der Waals surface area contributed by atoms with Crippen molar-refractivity contribution in [3.05, 3.63) is 64.9 Å². The van der Waals surface area contributed by atoms with E-state index in [1.54, 1.807) is 24.5 Å². The number of hydrogen-bond acceptors (Lipinski definition) is 4. The van der Waals surface area contributed by atoms with Gasteiger partial charge in [-0.1, -0.05) is 12.1 Å². The molecule has 2 aromatic heterocycles. The summed E-state index contributed by atoms with van der Waals surface area (Å²) in [6.45, 7) is 4.16. The number of nitrogens with zero attached hydrogens (tertiary/aromatic N) is 1. The summed E-state index contributed by atoms with van der Waals surface area (Å²) in [7, 11) is 0. The maximum absolute atomic E-state index is 11.9. The predicted octanol–water partition coefficient (Wildman–Crippen LogP) is 4.67. The molecule has 0 unspecified atom stereocenters. The summed E-state index contributed by atoms with van der Waals surface area (Å²) in [5, 5.41) is 5.28. The van der Waals surface area contributed by atoms with Crippen LogP contribution in [0, 0.1) is 13.8 Å². The molecule has 0 fully saturated rings. The number of aryl methyl sites for hydroxylation is 2. The Hall–Kier alpha value is -2.66. The fraction of sp³-hybridized carbons (Fsp3) is 0.111. The van der Waals surface area contributed by atoms with Crippen LogP contribution < -0.4 is 5.32 Å². The minimum atomic E-state index is -0.234. The normalized spacial score (nSPS) is 11.0. The van der Waals surface area contributed by atoms with Gasteiger partial charge in [0.05, 0.1) is 12.0 Å². The summed E-state index contributed by atoms with van der Waals surface area (Å²) < 4.78 is 5.14. The Kier molecular flexibility index (Phi) is 4.39. The van der Waals surface area contributed by atoms with Crippen molar-refractivity contribution in [2.75, 3.05) is 5.32 Å². The highest BCUT2D eigenvalue weighted by atomic mass is 32.1. The Morgan fingerprint density at radius 3 is 2.87 bits per heavy atom. The average Bonchev–Trinajstić information content (AvgIpc) is 3.19. The number of thiazole rings is 1. The second-order valence-corrected chi connectivity index (χ2v) is 6.03. The second-order valence-electron chi connectivity index (χ2n) is 5.17. The van der Waals surface area contributed by atoms with E-state index in [4.69, 9.17) is 4.42 Å². The van der Waals surface area contributed by atoms with Gasteiger partial charge in [0, 0.05) is 17.0 Å². The number of benzene rings is 1. The van der Waals surface area contributed by atoms with E-state index in [1.807, 2.05) is 11.4 Å². The number of amides is 1. The van der Waals surface area contributed by atoms with E-state index in [-0.39, 0.29) is 5.91 Å². The summed E-state index contributed by atoms with van der Waals surface area (Å²) in [6.07, 6.45) is 4.61. The molecule has 0 saturated carbocycles. The zero-order valence-corrected chi connectivity index (χ0v) is 13.7. The lowest BCUT2D eigenvalue weighted by Crippen LogP contribution is -2.07. The molecule has 1 aromatic carbocycles. The Balaban J connectivity index is 1.69. The van der Waals surface area contributed by atoms with E-state index in [0.29, 0.717) is 10.9 Å². The largest absolute Gasteiger partial charge is 0.465 e. The molecule has 3 rings (SSSR count). The third-order valence-electron chi connectivity index (χ3n) is 3.48. The number of carbonyl (C=O) groups is 1. The van der Waals surface area contributed by atoms with Crippen molar-refractivity contribution >= 4 is 28.5 Å². The molecule has 116 valence electrons. The van der Waals surface area contributed by atoms with Crippen LogP contribution in [0.4, 0.5) is 5.13 Å². The van der Waals surface area contributed by atoms with Crippen molar-refractivity contribution in [1.82, 2.24) is 4.98 Å². The molecule has 23 heavy (non-hydrogen) atoms. The lowest BCUT2D eigenvalue weighted by Gasteiger charge is -2.02. The Morgan fingerprint density at radius 2 is 2.13 bits per heavy atom. The number of furan rings is 1. The quantitative estimate of drug-likeness (QED) is 0.709. The summed E-state index contributed by atoms with van der Waals surface area (Å²) in [6, 6.07) is 9.78. The van der Waals surface area contributed by atoms with Crippen molar-refractivity contribution in [3.63, 3.8) is 0 Å². The average molecular weight is 324 g/mol. The molecular weight excluding hydrogens is 308 g/mol. The summed E-state index contributed by atoms with van der Waals surface area (Å²) in [4.78, 5) is 16.3. The molecular formula is C18H16N2O2S. The molecule has 0 radical (unpaired) electrons. The molecule has 0 aliphatic carbocycles. The third kappa shape index (κ3) is 3.76. The summed E-state index contributed by atoms with van der Waals surface area (Å²) >= 11 is 1.41. The van der Waals surface area contributed by atoms with Gasteiger partial charge in [-0.2, -0.15) is 0 Å². The number of rotatable bonds is 4. The number of hydrogen-bond donors (Lipinski definition) is 1. The van der Waals surface area contributed by atoms with E-state index >= 15 is 0 Å². The molecule has 0 spiro atoms. The van der Waals surface area contributed by atoms with Gasteiger partial charge in [-0.25, -0.2) is 4.98 Å². The lowest BCUT2D eigenvalue weighted by atomic mass is 10.1. The standard InChI is InChI=1S/C18H16N2O2S/c1-12-5-6-14(10-13(12)2)16-11-23-18(19-16)20-17(21)8-7-15-4-3-9-22-15/h3-11H,1-2H3,(H,19,20,21)/b8-7+. The molecule has 0 aliphatic heterocycles. The third-order valence-corrected chi connectivity index (χ3v) is 4.24. The van der Waals surface area contributed by atoms with Crippen LogP contribution in [-0.2, 0) is 4.79 Å². The van der Waals surface area contributed by atoms with Crippen LogP contribution >= 0.6 is 11.3 Å². The molecule has 4 nitrogen and oxygen atoms in total. The smallest absolute Gasteiger partial charge is 0.250 e. The molecule has 0 saturated heterocycles. The SMILES string of the molecule is Cc1ccc(-c2csc(NC(=O)/C=C/c3ccco3)n2)cc1C. The van der Waals surface area contributed by atoms with Crippen molar-refractivity contribution in [2.45, 2.75) is 13.8 Å². The summed E-state index contributed by atoms with van der Waals surface area (Å²) in [5.74, 6) is 0.400. The first-order valence-corrected chi connectivity index (χ1v) is 8.05. The van der Waals surface area contributed by atoms with Crippen LogP contribution in [0.15, 0.2) is 52.5 Å². The maximum Gasteiger partial charge on any atom is 0.250 e. The Morgan fingerprint density at radius 1 is 1.26 bits per heavy atom. The molecule has 0 atom stereocenters. The topological polar surface area (TPSA) is 55.1 Å². The first kappa shape index (κ1) is 15.2. The molecule has 0 bridgehead atoms. The van der Waals surface area contributed by atoms with Crippen molar-refractivity contribution < 1.29 is 9.21 Å². The Labute approximate surface area is 138 Å². The van der Waals surface area contributed by atoms with Gasteiger partial charge in [-0.3, -0.25) is 10.1 Å². The van der Waals surface area contributed by atoms with Gasteiger partial charge in [-0.05, 0) is 49.2 Å². The van der Waals surface area contributed by atoms with Crippen LogP contribution in [0.2, 0.25) is 0 Å². The number of anilines is 1. The fourth-order valence-electron chi connectivity index (χ4n) is 2.06.